The minimum absolute atomic E-state index is 0.0634. The average molecular weight is 1250 g/mol. The number of carbonyl (C=O) groups excluding carboxylic acids is 5. The number of nitrogens with one attached hydrogen (secondary N) is 4. The maximum absolute atomic E-state index is 14.2. The lowest BCUT2D eigenvalue weighted by Gasteiger charge is -2.41. The zero-order chi connectivity index (χ0) is 62.1. The van der Waals surface area contributed by atoms with E-state index >= 15 is 0 Å². The van der Waals surface area contributed by atoms with Crippen LogP contribution in [0.3, 0.4) is 0 Å². The van der Waals surface area contributed by atoms with Crippen molar-refractivity contribution in [3.63, 3.8) is 0 Å². The number of aromatic amines is 1. The fourth-order valence-corrected chi connectivity index (χ4v) is 14.9. The van der Waals surface area contributed by atoms with Gasteiger partial charge >= 0.3 is 0 Å². The van der Waals surface area contributed by atoms with Gasteiger partial charge in [-0.1, -0.05) is 55.3 Å². The van der Waals surface area contributed by atoms with Crippen molar-refractivity contribution < 1.29 is 42.1 Å². The van der Waals surface area contributed by atoms with Crippen LogP contribution in [0.5, 0.6) is 11.5 Å². The van der Waals surface area contributed by atoms with Gasteiger partial charge in [0.2, 0.25) is 17.7 Å². The first-order chi connectivity index (χ1) is 42.8. The van der Waals surface area contributed by atoms with Crippen molar-refractivity contribution in [2.24, 2.45) is 11.3 Å². The number of carbonyl (C=O) groups is 5. The largest absolute Gasteiger partial charge is 0.455 e. The molecule has 6 heterocycles. The number of amides is 5. The summed E-state index contributed by atoms with van der Waals surface area (Å²) in [5.41, 5.74) is 7.83. The molecular weight excluding hydrogens is 1170 g/mol. The normalized spacial score (nSPS) is 21.1. The number of halogens is 1. The van der Waals surface area contributed by atoms with E-state index in [0.717, 1.165) is 99.4 Å². The topological polar surface area (TPSA) is 253 Å². The molecular formula is C66H74ClN11O10S. The lowest BCUT2D eigenvalue weighted by molar-refractivity contribution is -0.384. The molecule has 1 atom stereocenters. The smallest absolute Gasteiger partial charge is 0.293 e. The Morgan fingerprint density at radius 3 is 2.45 bits per heavy atom. The SMILES string of the molecule is CC1(C)CCC(CN2CCN(c3ccc(C(=O)NS(=O)(=O)c4ccc(NCC5CCC(N6CCN(CCCc7cccc8c7CN(C7CCC(=O)NC7=O)C8=O)C(=O)C6)CC5)c([N+](=O)[O-])c4)c(Oc4cnc5[nH]ccc5c4)c3)CC2)=C(c2ccc(Cl)cc2)C1. The van der Waals surface area contributed by atoms with Crippen molar-refractivity contribution in [2.45, 2.75) is 108 Å². The van der Waals surface area contributed by atoms with Gasteiger partial charge in [-0.25, -0.2) is 18.1 Å². The molecule has 2 aliphatic carbocycles. The maximum atomic E-state index is 14.2. The van der Waals surface area contributed by atoms with Gasteiger partial charge in [0.25, 0.3) is 27.5 Å². The Balaban J connectivity index is 0.637. The van der Waals surface area contributed by atoms with Crippen molar-refractivity contribution >= 4 is 84.8 Å². The van der Waals surface area contributed by atoms with Crippen LogP contribution in [0.1, 0.15) is 115 Å². The van der Waals surface area contributed by atoms with E-state index in [1.807, 2.05) is 35.2 Å². The lowest BCUT2D eigenvalue weighted by atomic mass is 9.72. The van der Waals surface area contributed by atoms with Gasteiger partial charge in [0.15, 0.2) is 0 Å². The van der Waals surface area contributed by atoms with Gasteiger partial charge in [0, 0.05) is 118 Å². The van der Waals surface area contributed by atoms with E-state index in [2.05, 4.69) is 66.0 Å². The highest BCUT2D eigenvalue weighted by Crippen LogP contribution is 2.44. The number of fused-ring (bicyclic) bond motifs is 2. The summed E-state index contributed by atoms with van der Waals surface area (Å²) in [5, 5.41) is 19.6. The Hall–Kier alpha value is -8.18. The molecule has 0 bridgehead atoms. The zero-order valence-electron chi connectivity index (χ0n) is 50.1. The molecule has 2 aromatic heterocycles. The van der Waals surface area contributed by atoms with E-state index < -0.39 is 43.4 Å². The number of benzene rings is 4. The number of aryl methyl sites for hydroxylation is 1. The van der Waals surface area contributed by atoms with Gasteiger partial charge in [0.05, 0.1) is 28.1 Å². The number of nitro groups is 1. The third-order valence-corrected chi connectivity index (χ3v) is 20.4. The highest BCUT2D eigenvalue weighted by atomic mass is 35.5. The van der Waals surface area contributed by atoms with Crippen LogP contribution >= 0.6 is 11.6 Å². The summed E-state index contributed by atoms with van der Waals surface area (Å²) in [6.07, 6.45) is 11.6. The Morgan fingerprint density at radius 2 is 1.69 bits per heavy atom. The molecule has 0 radical (unpaired) electrons. The number of sulfonamides is 1. The Labute approximate surface area is 522 Å². The van der Waals surface area contributed by atoms with E-state index in [4.69, 9.17) is 16.3 Å². The van der Waals surface area contributed by atoms with Crippen molar-refractivity contribution in [1.29, 1.82) is 0 Å². The summed E-state index contributed by atoms with van der Waals surface area (Å²) in [5.74, 6) is -1.27. The summed E-state index contributed by atoms with van der Waals surface area (Å²) >= 11 is 6.28. The van der Waals surface area contributed by atoms with Gasteiger partial charge in [-0.2, -0.15) is 0 Å². The van der Waals surface area contributed by atoms with E-state index in [1.54, 1.807) is 35.4 Å². The standard InChI is InChI=1S/C66H74ClN11O10S/c1-66(2)24-22-46(54(36-66)44-10-12-47(67)13-11-44)39-73-27-29-74(30-28-73)49-16-18-53(59(34-49)88-50-33-45-23-25-68-62(45)70-38-50)63(81)72-89(86,87)51-17-19-56(58(35-51)78(84)85)69-37-42-8-14-48(15-9-42)76-32-31-75(61(80)41-76)26-4-6-43-5-3-7-52-55(43)40-77(65(52)83)57-20-21-60(79)71-64(57)82/h3,5,7,10-13,16-19,23,25,33-35,38,42,48,57,69H,4,6,8-9,14-15,20-22,24,26-32,36-37,39-41H2,1-2H3,(H,68,70)(H,72,81)(H,71,79,82). The maximum Gasteiger partial charge on any atom is 0.293 e. The predicted molar refractivity (Wildman–Crippen MR) is 338 cm³/mol. The number of allylic oxidation sites excluding steroid dienone is 1. The second kappa shape index (κ2) is 25.7. The van der Waals surface area contributed by atoms with Gasteiger partial charge in [-0.15, -0.1) is 0 Å². The number of nitro benzene ring substituents is 1. The molecule has 4 aliphatic heterocycles. The molecule has 6 aliphatic rings. The Kier molecular flexibility index (Phi) is 17.7. The van der Waals surface area contributed by atoms with Crippen molar-refractivity contribution in [2.75, 3.05) is 75.7 Å². The van der Waals surface area contributed by atoms with Crippen LogP contribution in [-0.4, -0.2) is 150 Å². The first-order valence-electron chi connectivity index (χ1n) is 30.9. The monoisotopic (exact) mass is 1250 g/mol. The molecule has 3 saturated heterocycles. The predicted octanol–water partition coefficient (Wildman–Crippen LogP) is 9.33. The summed E-state index contributed by atoms with van der Waals surface area (Å²) in [6, 6.07) is 25.5. The molecule has 12 rings (SSSR count). The average Bonchev–Trinajstić information content (AvgIpc) is 2.48. The van der Waals surface area contributed by atoms with Crippen molar-refractivity contribution in [1.82, 2.24) is 39.6 Å². The molecule has 89 heavy (non-hydrogen) atoms. The highest BCUT2D eigenvalue weighted by Gasteiger charge is 2.40. The van der Waals surface area contributed by atoms with E-state index in [1.165, 1.54) is 41.1 Å². The van der Waals surface area contributed by atoms with E-state index in [9.17, 15) is 42.5 Å². The van der Waals surface area contributed by atoms with Crippen LogP contribution < -0.4 is 25.0 Å². The lowest BCUT2D eigenvalue weighted by Crippen LogP contribution is -2.54. The number of ether oxygens (including phenoxy) is 1. The first-order valence-corrected chi connectivity index (χ1v) is 32.7. The molecule has 23 heteroatoms. The number of imide groups is 1. The fraction of sp³-hybridized carbons (Fsp3) is 0.424. The van der Waals surface area contributed by atoms with Gasteiger partial charge in [-0.3, -0.25) is 49.2 Å². The number of pyridine rings is 1. The second-order valence-corrected chi connectivity index (χ2v) is 27.4. The number of rotatable bonds is 19. The highest BCUT2D eigenvalue weighted by molar-refractivity contribution is 7.90. The third kappa shape index (κ3) is 13.7. The number of hydrogen-bond acceptors (Lipinski definition) is 15. The quantitative estimate of drug-likeness (QED) is 0.0335. The molecule has 5 amide bonds. The van der Waals surface area contributed by atoms with Crippen LogP contribution in [0, 0.1) is 21.4 Å². The molecule has 6 aromatic rings. The van der Waals surface area contributed by atoms with Crippen LogP contribution in [0.4, 0.5) is 17.1 Å². The third-order valence-electron chi connectivity index (χ3n) is 18.9. The summed E-state index contributed by atoms with van der Waals surface area (Å²) in [6.45, 7) is 11.5. The Morgan fingerprint density at radius 1 is 0.888 bits per heavy atom. The molecule has 4 N–H and O–H groups in total. The summed E-state index contributed by atoms with van der Waals surface area (Å²) in [4.78, 5) is 94.7. The molecule has 1 unspecified atom stereocenters. The zero-order valence-corrected chi connectivity index (χ0v) is 51.7. The summed E-state index contributed by atoms with van der Waals surface area (Å²) in [7, 11) is -4.65. The fourth-order valence-electron chi connectivity index (χ4n) is 13.8. The second-order valence-electron chi connectivity index (χ2n) is 25.3. The summed E-state index contributed by atoms with van der Waals surface area (Å²) < 4.78 is 36.6. The van der Waals surface area contributed by atoms with Gasteiger partial charge < -0.3 is 29.7 Å². The molecule has 1 saturated carbocycles. The number of aromatic nitrogens is 2. The molecule has 4 aromatic carbocycles. The van der Waals surface area contributed by atoms with Gasteiger partial charge in [0.1, 0.15) is 28.9 Å². The number of piperidine rings is 1. The van der Waals surface area contributed by atoms with E-state index in [-0.39, 0.29) is 58.5 Å². The van der Waals surface area contributed by atoms with E-state index in [0.29, 0.717) is 87.1 Å². The van der Waals surface area contributed by atoms with Gasteiger partial charge in [-0.05, 0) is 152 Å². The molecule has 0 spiro atoms. The number of anilines is 2. The van der Waals surface area contributed by atoms with Crippen molar-refractivity contribution in [3.8, 4) is 11.5 Å². The van der Waals surface area contributed by atoms with Crippen molar-refractivity contribution in [3.05, 3.63) is 152 Å². The molecule has 466 valence electrons. The molecule has 4 fully saturated rings. The van der Waals surface area contributed by atoms with Crippen LogP contribution in [0.25, 0.3) is 16.6 Å². The Bertz CT molecular complexity index is 3890. The van der Waals surface area contributed by atoms with Crippen LogP contribution in [0.2, 0.25) is 5.02 Å². The number of piperazine rings is 2. The molecule has 21 nitrogen and oxygen atoms in total. The minimum Gasteiger partial charge on any atom is -0.455 e. The minimum atomic E-state index is -4.65. The van der Waals surface area contributed by atoms with Crippen LogP contribution in [0.15, 0.2) is 114 Å². The number of nitrogens with zero attached hydrogens (tertiary/aromatic N) is 7. The number of hydrogen-bond donors (Lipinski definition) is 4. The van der Waals surface area contributed by atoms with Crippen LogP contribution in [-0.2, 0) is 37.4 Å². The number of H-pyrrole nitrogens is 1. The first kappa shape index (κ1) is 61.1.